The van der Waals surface area contributed by atoms with Gasteiger partial charge in [0.05, 0.1) is 11.4 Å². The number of para-hydroxylation sites is 1. The van der Waals surface area contributed by atoms with Gasteiger partial charge in [0, 0.05) is 18.7 Å². The standard InChI is InChI=1S/C29H27F2N7O3/c30-21-4-1-5-22(31)25(21)41-19-10-8-17(9-11-19)24-23-26(32)34-15-35-28(23)38(36-24)18-3-2-12-37(14-18)29(40)20(27(33)39)13-16-6-7-16/h1,4-5,8-11,13,15-16,18H,2-3,6-7,12,14H2,(H2,33,39)(H2,32,34,35)/t18-/m0/s1. The van der Waals surface area contributed by atoms with Gasteiger partial charge in [-0.2, -0.15) is 5.10 Å². The molecule has 210 valence electrons. The fraction of sp³-hybridized carbons (Fsp3) is 0.276. The van der Waals surface area contributed by atoms with E-state index in [-0.39, 0.29) is 35.0 Å². The van der Waals surface area contributed by atoms with E-state index in [9.17, 15) is 18.4 Å². The molecule has 1 aliphatic carbocycles. The SMILES string of the molecule is NC(=O)C(=CC1CC1)C(=O)N1CCC[C@H](n2nc(-c3ccc(Oc4c(F)cccc4F)cc3)c3c(N)ncnc32)C1. The van der Waals surface area contributed by atoms with E-state index in [4.69, 9.17) is 21.3 Å². The molecule has 10 nitrogen and oxygen atoms in total. The number of fused-ring (bicyclic) bond motifs is 1. The number of benzene rings is 2. The lowest BCUT2D eigenvalue weighted by molar-refractivity contribution is -0.131. The van der Waals surface area contributed by atoms with Gasteiger partial charge in [-0.1, -0.05) is 12.1 Å². The Hall–Kier alpha value is -4.87. The van der Waals surface area contributed by atoms with Crippen LogP contribution in [0.25, 0.3) is 22.3 Å². The summed E-state index contributed by atoms with van der Waals surface area (Å²) in [7, 11) is 0. The molecule has 1 aliphatic heterocycles. The number of amides is 2. The van der Waals surface area contributed by atoms with Crippen molar-refractivity contribution in [1.82, 2.24) is 24.6 Å². The molecule has 0 unspecified atom stereocenters. The van der Waals surface area contributed by atoms with Crippen LogP contribution < -0.4 is 16.2 Å². The third kappa shape index (κ3) is 5.20. The number of rotatable bonds is 7. The number of aromatic nitrogens is 4. The highest BCUT2D eigenvalue weighted by Gasteiger charge is 2.32. The number of nitrogens with zero attached hydrogens (tertiary/aromatic N) is 5. The van der Waals surface area contributed by atoms with E-state index in [0.717, 1.165) is 31.4 Å². The molecule has 4 N–H and O–H groups in total. The molecule has 12 heteroatoms. The van der Waals surface area contributed by atoms with E-state index in [2.05, 4.69) is 9.97 Å². The number of anilines is 1. The first-order valence-electron chi connectivity index (χ1n) is 13.3. The first-order chi connectivity index (χ1) is 19.8. The Balaban J connectivity index is 1.30. The van der Waals surface area contributed by atoms with E-state index in [0.29, 0.717) is 41.8 Å². The number of carbonyl (C=O) groups is 2. The highest BCUT2D eigenvalue weighted by atomic mass is 19.1. The molecule has 41 heavy (non-hydrogen) atoms. The molecule has 0 spiro atoms. The number of nitrogen functional groups attached to an aromatic ring is 1. The number of likely N-dealkylation sites (tertiary alicyclic amines) is 1. The van der Waals surface area contributed by atoms with Crippen LogP contribution in [0.5, 0.6) is 11.5 Å². The summed E-state index contributed by atoms with van der Waals surface area (Å²) in [6.45, 7) is 0.813. The summed E-state index contributed by atoms with van der Waals surface area (Å²) in [4.78, 5) is 35.5. The summed E-state index contributed by atoms with van der Waals surface area (Å²) in [5, 5.41) is 5.39. The predicted molar refractivity (Wildman–Crippen MR) is 146 cm³/mol. The van der Waals surface area contributed by atoms with E-state index in [1.165, 1.54) is 12.4 Å². The van der Waals surface area contributed by atoms with E-state index in [1.54, 1.807) is 39.9 Å². The van der Waals surface area contributed by atoms with Crippen molar-refractivity contribution in [3.63, 3.8) is 0 Å². The van der Waals surface area contributed by atoms with Crippen LogP contribution in [0.3, 0.4) is 0 Å². The van der Waals surface area contributed by atoms with Crippen LogP contribution in [0.15, 0.2) is 60.4 Å². The largest absolute Gasteiger partial charge is 0.451 e. The summed E-state index contributed by atoms with van der Waals surface area (Å²) in [6.07, 6.45) is 6.36. The maximum atomic E-state index is 14.0. The maximum absolute atomic E-state index is 14.0. The number of primary amides is 1. The van der Waals surface area contributed by atoms with E-state index in [1.807, 2.05) is 0 Å². The Morgan fingerprint density at radius 1 is 1.02 bits per heavy atom. The molecule has 0 radical (unpaired) electrons. The van der Waals surface area contributed by atoms with Gasteiger partial charge in [-0.05, 0) is 68.0 Å². The molecule has 0 bridgehead atoms. The van der Waals surface area contributed by atoms with Gasteiger partial charge >= 0.3 is 0 Å². The Labute approximate surface area is 233 Å². The average Bonchev–Trinajstić information content (AvgIpc) is 3.71. The molecule has 4 aromatic rings. The van der Waals surface area contributed by atoms with Crippen molar-refractivity contribution >= 4 is 28.7 Å². The fourth-order valence-electron chi connectivity index (χ4n) is 5.10. The van der Waals surface area contributed by atoms with Crippen LogP contribution in [0, 0.1) is 17.6 Å². The Morgan fingerprint density at radius 3 is 2.44 bits per heavy atom. The second-order valence-corrected chi connectivity index (χ2v) is 10.3. The van der Waals surface area contributed by atoms with Gasteiger partial charge in [0.2, 0.25) is 0 Å². The van der Waals surface area contributed by atoms with Crippen LogP contribution >= 0.6 is 0 Å². The molecule has 2 aromatic carbocycles. The zero-order valence-corrected chi connectivity index (χ0v) is 22.0. The van der Waals surface area contributed by atoms with Crippen LogP contribution in [0.1, 0.15) is 31.7 Å². The highest BCUT2D eigenvalue weighted by Crippen LogP contribution is 2.36. The number of carbonyl (C=O) groups excluding carboxylic acids is 2. The number of halogens is 2. The number of allylic oxidation sites excluding steroid dienone is 1. The van der Waals surface area contributed by atoms with Gasteiger partial charge in [-0.25, -0.2) is 23.4 Å². The minimum absolute atomic E-state index is 0.0308. The van der Waals surface area contributed by atoms with Gasteiger partial charge in [0.15, 0.2) is 23.0 Å². The number of nitrogens with two attached hydrogens (primary N) is 2. The zero-order chi connectivity index (χ0) is 28.7. The molecule has 2 amide bonds. The topological polar surface area (TPSA) is 142 Å². The Morgan fingerprint density at radius 2 is 1.76 bits per heavy atom. The van der Waals surface area contributed by atoms with Crippen LogP contribution in [0.4, 0.5) is 14.6 Å². The second-order valence-electron chi connectivity index (χ2n) is 10.3. The molecule has 1 saturated heterocycles. The summed E-state index contributed by atoms with van der Waals surface area (Å²) in [5.41, 5.74) is 13.5. The van der Waals surface area contributed by atoms with Crippen molar-refractivity contribution in [3.05, 3.63) is 72.1 Å². The van der Waals surface area contributed by atoms with E-state index < -0.39 is 23.3 Å². The van der Waals surface area contributed by atoms with Gasteiger partial charge in [0.1, 0.15) is 29.2 Å². The second kappa shape index (κ2) is 10.6. The predicted octanol–water partition coefficient (Wildman–Crippen LogP) is 4.13. The Bertz CT molecular complexity index is 1660. The summed E-state index contributed by atoms with van der Waals surface area (Å²) >= 11 is 0. The normalized spacial score (nSPS) is 17.6. The molecule has 2 aromatic heterocycles. The minimum Gasteiger partial charge on any atom is -0.451 e. The third-order valence-electron chi connectivity index (χ3n) is 7.33. The molecule has 6 rings (SSSR count). The first-order valence-corrected chi connectivity index (χ1v) is 13.3. The van der Waals surface area contributed by atoms with E-state index >= 15 is 0 Å². The average molecular weight is 560 g/mol. The number of piperidine rings is 1. The maximum Gasteiger partial charge on any atom is 0.259 e. The smallest absolute Gasteiger partial charge is 0.259 e. The lowest BCUT2D eigenvalue weighted by Gasteiger charge is -2.33. The van der Waals surface area contributed by atoms with Crippen molar-refractivity contribution < 1.29 is 23.1 Å². The molecule has 2 aliphatic rings. The van der Waals surface area contributed by atoms with Gasteiger partial charge in [0.25, 0.3) is 11.8 Å². The van der Waals surface area contributed by atoms with Gasteiger partial charge in [-0.3, -0.25) is 9.59 Å². The third-order valence-corrected chi connectivity index (χ3v) is 7.33. The van der Waals surface area contributed by atoms with Gasteiger partial charge in [-0.15, -0.1) is 0 Å². The van der Waals surface area contributed by atoms with Gasteiger partial charge < -0.3 is 21.1 Å². The lowest BCUT2D eigenvalue weighted by atomic mass is 10.0. The number of hydrogen-bond donors (Lipinski definition) is 2. The monoisotopic (exact) mass is 559 g/mol. The van der Waals surface area contributed by atoms with Crippen molar-refractivity contribution in [2.24, 2.45) is 11.7 Å². The van der Waals surface area contributed by atoms with Crippen molar-refractivity contribution in [2.45, 2.75) is 31.7 Å². The number of hydrogen-bond acceptors (Lipinski definition) is 7. The summed E-state index contributed by atoms with van der Waals surface area (Å²) in [5.74, 6) is -2.51. The van der Waals surface area contributed by atoms with Crippen LogP contribution in [-0.2, 0) is 9.59 Å². The lowest BCUT2D eigenvalue weighted by Crippen LogP contribution is -2.43. The summed E-state index contributed by atoms with van der Waals surface area (Å²) < 4.78 is 35.3. The van der Waals surface area contributed by atoms with Crippen molar-refractivity contribution in [1.29, 1.82) is 0 Å². The molecular formula is C29H27F2N7O3. The Kier molecular flexibility index (Phi) is 6.82. The van der Waals surface area contributed by atoms with Crippen LogP contribution in [0.2, 0.25) is 0 Å². The van der Waals surface area contributed by atoms with Crippen LogP contribution in [-0.4, -0.2) is 49.6 Å². The summed E-state index contributed by atoms with van der Waals surface area (Å²) in [6, 6.07) is 9.81. The first kappa shape index (κ1) is 26.4. The zero-order valence-electron chi connectivity index (χ0n) is 22.0. The quantitative estimate of drug-likeness (QED) is 0.197. The molecule has 3 heterocycles. The van der Waals surface area contributed by atoms with Crippen molar-refractivity contribution in [2.75, 3.05) is 18.8 Å². The minimum atomic E-state index is -0.810. The molecule has 1 saturated carbocycles. The number of ether oxygens (including phenoxy) is 1. The highest BCUT2D eigenvalue weighted by molar-refractivity contribution is 6.17. The molecule has 2 fully saturated rings. The molecule has 1 atom stereocenters. The fourth-order valence-corrected chi connectivity index (χ4v) is 5.10. The molecular weight excluding hydrogens is 532 g/mol. The van der Waals surface area contributed by atoms with Crippen molar-refractivity contribution in [3.8, 4) is 22.8 Å².